The SMILES string of the molecule is C[C@@H]1CN(CC(=O)N2CC(C)(C)c3ccc(Cc4ccccc4)cc32)[C@@H](COC(=O)C(F)(F)F)CN1. The van der Waals surface area contributed by atoms with Gasteiger partial charge in [0.05, 0.1) is 12.6 Å². The number of fused-ring (bicyclic) bond motifs is 1. The molecule has 9 heteroatoms. The largest absolute Gasteiger partial charge is 0.490 e. The fraction of sp³-hybridized carbons (Fsp3) is 0.481. The molecule has 2 atom stereocenters. The van der Waals surface area contributed by atoms with Gasteiger partial charge in [-0.1, -0.05) is 56.3 Å². The van der Waals surface area contributed by atoms with E-state index in [1.165, 1.54) is 5.56 Å². The Balaban J connectivity index is 1.50. The number of piperazine rings is 1. The molecule has 1 saturated heterocycles. The van der Waals surface area contributed by atoms with Crippen LogP contribution < -0.4 is 10.2 Å². The molecule has 0 unspecified atom stereocenters. The number of nitrogens with zero attached hydrogens (tertiary/aromatic N) is 2. The van der Waals surface area contributed by atoms with Crippen LogP contribution in [0.25, 0.3) is 0 Å². The number of hydrogen-bond acceptors (Lipinski definition) is 5. The van der Waals surface area contributed by atoms with Crippen molar-refractivity contribution in [1.29, 1.82) is 0 Å². The van der Waals surface area contributed by atoms with E-state index in [4.69, 9.17) is 0 Å². The van der Waals surface area contributed by atoms with Gasteiger partial charge in [-0.15, -0.1) is 0 Å². The molecule has 2 heterocycles. The highest BCUT2D eigenvalue weighted by Crippen LogP contribution is 2.41. The Kier molecular flexibility index (Phi) is 7.43. The number of esters is 1. The first-order valence-corrected chi connectivity index (χ1v) is 12.1. The molecule has 0 radical (unpaired) electrons. The first kappa shape index (κ1) is 26.2. The smallest absolute Gasteiger partial charge is 0.457 e. The second-order valence-electron chi connectivity index (χ2n) is 10.4. The number of rotatable bonds is 6. The number of ether oxygens (including phenoxy) is 1. The Hall–Kier alpha value is -2.91. The molecule has 1 N–H and O–H groups in total. The zero-order valence-electron chi connectivity index (χ0n) is 20.8. The Labute approximate surface area is 209 Å². The lowest BCUT2D eigenvalue weighted by molar-refractivity contribution is -0.201. The summed E-state index contributed by atoms with van der Waals surface area (Å²) in [6, 6.07) is 15.9. The number of nitrogens with one attached hydrogen (secondary N) is 1. The van der Waals surface area contributed by atoms with E-state index in [-0.39, 0.29) is 23.9 Å². The molecule has 0 aromatic heterocycles. The van der Waals surface area contributed by atoms with Gasteiger partial charge in [0.1, 0.15) is 6.61 Å². The van der Waals surface area contributed by atoms with Crippen LogP contribution >= 0.6 is 0 Å². The number of amides is 1. The maximum Gasteiger partial charge on any atom is 0.490 e. The van der Waals surface area contributed by atoms with Crippen molar-refractivity contribution >= 4 is 17.6 Å². The number of anilines is 1. The molecule has 2 aliphatic rings. The van der Waals surface area contributed by atoms with Gasteiger partial charge in [0, 0.05) is 36.8 Å². The molecular formula is C27H32F3N3O3. The zero-order chi connectivity index (χ0) is 26.1. The molecule has 2 aromatic carbocycles. The van der Waals surface area contributed by atoms with Gasteiger partial charge >= 0.3 is 12.1 Å². The molecule has 4 rings (SSSR count). The van der Waals surface area contributed by atoms with Crippen LogP contribution in [0.3, 0.4) is 0 Å². The molecule has 0 spiro atoms. The van der Waals surface area contributed by atoms with Crippen LogP contribution in [0.15, 0.2) is 48.5 Å². The van der Waals surface area contributed by atoms with Gasteiger partial charge in [-0.2, -0.15) is 13.2 Å². The first-order chi connectivity index (χ1) is 16.9. The summed E-state index contributed by atoms with van der Waals surface area (Å²) in [5.74, 6) is -2.34. The summed E-state index contributed by atoms with van der Waals surface area (Å²) >= 11 is 0. The summed E-state index contributed by atoms with van der Waals surface area (Å²) in [6.07, 6.45) is -4.29. The van der Waals surface area contributed by atoms with Crippen LogP contribution in [0.2, 0.25) is 0 Å². The summed E-state index contributed by atoms with van der Waals surface area (Å²) in [5, 5.41) is 3.19. The molecule has 1 fully saturated rings. The zero-order valence-corrected chi connectivity index (χ0v) is 20.8. The van der Waals surface area contributed by atoms with Crippen LogP contribution in [0.1, 0.15) is 37.5 Å². The van der Waals surface area contributed by atoms with Crippen molar-refractivity contribution in [3.05, 3.63) is 65.2 Å². The van der Waals surface area contributed by atoms with Gasteiger partial charge in [0.25, 0.3) is 0 Å². The molecule has 2 aliphatic heterocycles. The molecule has 6 nitrogen and oxygen atoms in total. The van der Waals surface area contributed by atoms with E-state index in [0.29, 0.717) is 19.6 Å². The number of hydrogen-bond donors (Lipinski definition) is 1. The lowest BCUT2D eigenvalue weighted by Crippen LogP contribution is -2.59. The van der Waals surface area contributed by atoms with E-state index in [2.05, 4.69) is 54.2 Å². The van der Waals surface area contributed by atoms with Gasteiger partial charge in [-0.05, 0) is 36.1 Å². The normalized spacial score (nSPS) is 21.8. The topological polar surface area (TPSA) is 61.9 Å². The average molecular weight is 504 g/mol. The number of alkyl halides is 3. The van der Waals surface area contributed by atoms with Gasteiger partial charge < -0.3 is 15.0 Å². The quantitative estimate of drug-likeness (QED) is 0.610. The molecule has 1 amide bonds. The minimum absolute atomic E-state index is 0.0265. The molecule has 0 aliphatic carbocycles. The van der Waals surface area contributed by atoms with Gasteiger partial charge in [-0.3, -0.25) is 9.69 Å². The Morgan fingerprint density at radius 3 is 2.53 bits per heavy atom. The maximum atomic E-state index is 13.6. The predicted octanol–water partition coefficient (Wildman–Crippen LogP) is 3.67. The van der Waals surface area contributed by atoms with Crippen LogP contribution in [-0.2, 0) is 26.2 Å². The second kappa shape index (κ2) is 10.2. The highest BCUT2D eigenvalue weighted by molar-refractivity contribution is 5.97. The first-order valence-electron chi connectivity index (χ1n) is 12.1. The van der Waals surface area contributed by atoms with E-state index in [0.717, 1.165) is 23.2 Å². The highest BCUT2D eigenvalue weighted by Gasteiger charge is 2.42. The van der Waals surface area contributed by atoms with Crippen LogP contribution in [0.5, 0.6) is 0 Å². The maximum absolute atomic E-state index is 13.6. The molecule has 36 heavy (non-hydrogen) atoms. The number of benzene rings is 2. The molecular weight excluding hydrogens is 471 g/mol. The fourth-order valence-electron chi connectivity index (χ4n) is 5.00. The van der Waals surface area contributed by atoms with E-state index in [1.807, 2.05) is 30.0 Å². The van der Waals surface area contributed by atoms with Crippen molar-refractivity contribution in [1.82, 2.24) is 10.2 Å². The van der Waals surface area contributed by atoms with Crippen molar-refractivity contribution in [2.45, 2.75) is 50.9 Å². The third-order valence-electron chi connectivity index (χ3n) is 6.89. The lowest BCUT2D eigenvalue weighted by Gasteiger charge is -2.39. The third kappa shape index (κ3) is 5.90. The summed E-state index contributed by atoms with van der Waals surface area (Å²) in [4.78, 5) is 28.4. The highest BCUT2D eigenvalue weighted by atomic mass is 19.4. The Morgan fingerprint density at radius 2 is 1.83 bits per heavy atom. The average Bonchev–Trinajstić information content (AvgIpc) is 3.08. The minimum atomic E-state index is -5.04. The van der Waals surface area contributed by atoms with E-state index >= 15 is 0 Å². The number of carbonyl (C=O) groups is 2. The van der Waals surface area contributed by atoms with E-state index < -0.39 is 24.8 Å². The number of halogens is 3. The summed E-state index contributed by atoms with van der Waals surface area (Å²) in [7, 11) is 0. The van der Waals surface area contributed by atoms with Gasteiger partial charge in [-0.25, -0.2) is 4.79 Å². The monoisotopic (exact) mass is 503 g/mol. The van der Waals surface area contributed by atoms with Crippen molar-refractivity contribution < 1.29 is 27.5 Å². The van der Waals surface area contributed by atoms with E-state index in [1.54, 1.807) is 4.90 Å². The summed E-state index contributed by atoms with van der Waals surface area (Å²) in [5.41, 5.74) is 4.02. The molecule has 0 saturated carbocycles. The summed E-state index contributed by atoms with van der Waals surface area (Å²) < 4.78 is 42.3. The lowest BCUT2D eigenvalue weighted by atomic mass is 9.86. The number of carbonyl (C=O) groups excluding carboxylic acids is 2. The van der Waals surface area contributed by atoms with E-state index in [9.17, 15) is 22.8 Å². The second-order valence-corrected chi connectivity index (χ2v) is 10.4. The summed E-state index contributed by atoms with van der Waals surface area (Å²) in [6.45, 7) is 7.03. The van der Waals surface area contributed by atoms with Crippen molar-refractivity contribution in [2.24, 2.45) is 0 Å². The standard InChI is InChI=1S/C27H32F3N3O3/c1-18-14-32(21(13-31-18)16-36-25(35)27(28,29)30)15-24(34)33-17-26(2,3)22-10-9-20(12-23(22)33)11-19-7-5-4-6-8-19/h4-10,12,18,21,31H,11,13-17H2,1-3H3/t18-,21-/m1/s1. The fourth-order valence-corrected chi connectivity index (χ4v) is 5.00. The third-order valence-corrected chi connectivity index (χ3v) is 6.89. The minimum Gasteiger partial charge on any atom is -0.457 e. The van der Waals surface area contributed by atoms with Crippen LogP contribution in [0.4, 0.5) is 18.9 Å². The van der Waals surface area contributed by atoms with Gasteiger partial charge in [0.2, 0.25) is 5.91 Å². The van der Waals surface area contributed by atoms with Crippen LogP contribution in [-0.4, -0.2) is 67.8 Å². The Morgan fingerprint density at radius 1 is 1.11 bits per heavy atom. The van der Waals surface area contributed by atoms with Crippen molar-refractivity contribution in [3.63, 3.8) is 0 Å². The molecule has 2 aromatic rings. The predicted molar refractivity (Wildman–Crippen MR) is 131 cm³/mol. The molecule has 194 valence electrons. The van der Waals surface area contributed by atoms with Crippen LogP contribution in [0, 0.1) is 0 Å². The molecule has 0 bridgehead atoms. The van der Waals surface area contributed by atoms with Gasteiger partial charge in [0.15, 0.2) is 0 Å². The van der Waals surface area contributed by atoms with Crippen molar-refractivity contribution in [2.75, 3.05) is 37.7 Å². The Bertz CT molecular complexity index is 1100. The van der Waals surface area contributed by atoms with Crippen molar-refractivity contribution in [3.8, 4) is 0 Å².